The molecule has 2 aromatic rings. The minimum absolute atomic E-state index is 0.790. The first-order chi connectivity index (χ1) is 9.42. The highest BCUT2D eigenvalue weighted by Gasteiger charge is 2.17. The fourth-order valence-electron chi connectivity index (χ4n) is 2.96. The van der Waals surface area contributed by atoms with E-state index < -0.39 is 0 Å². The van der Waals surface area contributed by atoms with Crippen LogP contribution in [0.1, 0.15) is 23.1 Å². The molecule has 0 heterocycles. The summed E-state index contributed by atoms with van der Waals surface area (Å²) in [4.78, 5) is 0. The lowest BCUT2D eigenvalue weighted by molar-refractivity contribution is 0.424. The average Bonchev–Trinajstić information content (AvgIpc) is 2.48. The van der Waals surface area contributed by atoms with Crippen LogP contribution < -0.4 is 5.32 Å². The second-order valence-corrected chi connectivity index (χ2v) is 5.49. The molecule has 0 amide bonds. The zero-order valence-corrected chi connectivity index (χ0v) is 11.3. The molecular formula is C18H21N. The number of nitrogens with one attached hydrogen (secondary N) is 1. The van der Waals surface area contributed by atoms with Gasteiger partial charge in [0, 0.05) is 6.54 Å². The van der Waals surface area contributed by atoms with E-state index in [-0.39, 0.29) is 0 Å². The van der Waals surface area contributed by atoms with Gasteiger partial charge in [-0.05, 0) is 48.4 Å². The van der Waals surface area contributed by atoms with Gasteiger partial charge in [0.15, 0.2) is 0 Å². The summed E-state index contributed by atoms with van der Waals surface area (Å²) in [5.41, 5.74) is 4.49. The van der Waals surface area contributed by atoms with Crippen molar-refractivity contribution in [1.29, 1.82) is 0 Å². The predicted molar refractivity (Wildman–Crippen MR) is 80.1 cm³/mol. The van der Waals surface area contributed by atoms with Gasteiger partial charge in [0.2, 0.25) is 0 Å². The molecule has 0 fully saturated rings. The Labute approximate surface area is 115 Å². The van der Waals surface area contributed by atoms with Crippen molar-refractivity contribution in [3.8, 4) is 0 Å². The van der Waals surface area contributed by atoms with E-state index in [4.69, 9.17) is 0 Å². The molecule has 1 N–H and O–H groups in total. The Balaban J connectivity index is 1.50. The highest BCUT2D eigenvalue weighted by atomic mass is 14.9. The van der Waals surface area contributed by atoms with Gasteiger partial charge in [-0.2, -0.15) is 0 Å². The third-order valence-corrected chi connectivity index (χ3v) is 4.05. The molecule has 1 atom stereocenters. The van der Waals surface area contributed by atoms with Gasteiger partial charge in [0.1, 0.15) is 0 Å². The highest BCUT2D eigenvalue weighted by Crippen LogP contribution is 2.24. The summed E-state index contributed by atoms with van der Waals surface area (Å²) < 4.78 is 0. The topological polar surface area (TPSA) is 12.0 Å². The van der Waals surface area contributed by atoms with Crippen LogP contribution in [-0.4, -0.2) is 6.54 Å². The van der Waals surface area contributed by atoms with Gasteiger partial charge >= 0.3 is 0 Å². The molecule has 98 valence electrons. The molecule has 0 spiro atoms. The minimum Gasteiger partial charge on any atom is -0.312 e. The van der Waals surface area contributed by atoms with Crippen molar-refractivity contribution in [2.45, 2.75) is 25.8 Å². The molecule has 19 heavy (non-hydrogen) atoms. The summed E-state index contributed by atoms with van der Waals surface area (Å²) >= 11 is 0. The van der Waals surface area contributed by atoms with Crippen molar-refractivity contribution in [1.82, 2.24) is 5.32 Å². The Morgan fingerprint density at radius 2 is 1.63 bits per heavy atom. The summed E-state index contributed by atoms with van der Waals surface area (Å²) in [6, 6.07) is 19.5. The molecule has 2 aromatic carbocycles. The highest BCUT2D eigenvalue weighted by molar-refractivity contribution is 5.29. The summed E-state index contributed by atoms with van der Waals surface area (Å²) in [5.74, 6) is 0.790. The Kier molecular flexibility index (Phi) is 3.95. The maximum absolute atomic E-state index is 3.60. The van der Waals surface area contributed by atoms with Crippen molar-refractivity contribution in [3.05, 3.63) is 71.3 Å². The van der Waals surface area contributed by atoms with Gasteiger partial charge in [-0.3, -0.25) is 0 Å². The minimum atomic E-state index is 0.790. The molecule has 1 aliphatic rings. The van der Waals surface area contributed by atoms with Crippen molar-refractivity contribution in [3.63, 3.8) is 0 Å². The van der Waals surface area contributed by atoms with E-state index in [1.165, 1.54) is 24.8 Å². The number of fused-ring (bicyclic) bond motifs is 1. The average molecular weight is 251 g/mol. The quantitative estimate of drug-likeness (QED) is 0.875. The summed E-state index contributed by atoms with van der Waals surface area (Å²) in [5, 5.41) is 3.60. The SMILES string of the molecule is c1ccc(CNCC2CCc3ccccc3C2)cc1. The number of benzene rings is 2. The second-order valence-electron chi connectivity index (χ2n) is 5.49. The molecule has 0 saturated heterocycles. The van der Waals surface area contributed by atoms with E-state index in [0.29, 0.717) is 0 Å². The Hall–Kier alpha value is -1.60. The Bertz CT molecular complexity index is 518. The molecule has 1 unspecified atom stereocenters. The number of hydrogen-bond donors (Lipinski definition) is 1. The van der Waals surface area contributed by atoms with Crippen LogP contribution in [0.3, 0.4) is 0 Å². The van der Waals surface area contributed by atoms with Gasteiger partial charge in [-0.1, -0.05) is 54.6 Å². The lowest BCUT2D eigenvalue weighted by atomic mass is 9.84. The van der Waals surface area contributed by atoms with Crippen LogP contribution in [0.4, 0.5) is 0 Å². The van der Waals surface area contributed by atoms with Crippen LogP contribution >= 0.6 is 0 Å². The first kappa shape index (κ1) is 12.4. The fraction of sp³-hybridized carbons (Fsp3) is 0.333. The number of rotatable bonds is 4. The van der Waals surface area contributed by atoms with Crippen LogP contribution in [0.5, 0.6) is 0 Å². The lowest BCUT2D eigenvalue weighted by Crippen LogP contribution is -2.27. The molecule has 0 bridgehead atoms. The van der Waals surface area contributed by atoms with E-state index >= 15 is 0 Å². The Morgan fingerprint density at radius 3 is 2.47 bits per heavy atom. The van der Waals surface area contributed by atoms with Crippen molar-refractivity contribution in [2.24, 2.45) is 5.92 Å². The summed E-state index contributed by atoms with van der Waals surface area (Å²) in [6.07, 6.45) is 3.80. The third kappa shape index (κ3) is 3.24. The first-order valence-electron chi connectivity index (χ1n) is 7.23. The van der Waals surface area contributed by atoms with Crippen LogP contribution in [0, 0.1) is 5.92 Å². The van der Waals surface area contributed by atoms with Crippen molar-refractivity contribution < 1.29 is 0 Å². The third-order valence-electron chi connectivity index (χ3n) is 4.05. The van der Waals surface area contributed by atoms with E-state index in [2.05, 4.69) is 59.9 Å². The normalized spacial score (nSPS) is 18.0. The predicted octanol–water partition coefficient (Wildman–Crippen LogP) is 3.58. The summed E-state index contributed by atoms with van der Waals surface area (Å²) in [6.45, 7) is 2.11. The van der Waals surface area contributed by atoms with E-state index in [0.717, 1.165) is 19.0 Å². The maximum atomic E-state index is 3.60. The molecular weight excluding hydrogens is 230 g/mol. The van der Waals surface area contributed by atoms with Crippen LogP contribution in [0.2, 0.25) is 0 Å². The van der Waals surface area contributed by atoms with E-state index in [9.17, 15) is 0 Å². The fourth-order valence-corrected chi connectivity index (χ4v) is 2.96. The van der Waals surface area contributed by atoms with Crippen LogP contribution in [0.25, 0.3) is 0 Å². The van der Waals surface area contributed by atoms with E-state index in [1.807, 2.05) is 0 Å². The monoisotopic (exact) mass is 251 g/mol. The lowest BCUT2D eigenvalue weighted by Gasteiger charge is -2.24. The molecule has 0 aliphatic heterocycles. The molecule has 1 heteroatoms. The molecule has 1 aliphatic carbocycles. The first-order valence-corrected chi connectivity index (χ1v) is 7.23. The molecule has 3 rings (SSSR count). The van der Waals surface area contributed by atoms with E-state index in [1.54, 1.807) is 11.1 Å². The largest absolute Gasteiger partial charge is 0.312 e. The molecule has 0 radical (unpaired) electrons. The maximum Gasteiger partial charge on any atom is 0.0205 e. The number of aryl methyl sites for hydroxylation is 1. The zero-order valence-electron chi connectivity index (χ0n) is 11.3. The Morgan fingerprint density at radius 1 is 0.895 bits per heavy atom. The number of hydrogen-bond acceptors (Lipinski definition) is 1. The van der Waals surface area contributed by atoms with Crippen LogP contribution in [0.15, 0.2) is 54.6 Å². The second kappa shape index (κ2) is 6.03. The molecule has 1 nitrogen and oxygen atoms in total. The van der Waals surface area contributed by atoms with Gasteiger partial charge in [0.25, 0.3) is 0 Å². The van der Waals surface area contributed by atoms with Gasteiger partial charge in [-0.25, -0.2) is 0 Å². The van der Waals surface area contributed by atoms with Gasteiger partial charge in [0.05, 0.1) is 0 Å². The standard InChI is InChI=1S/C18H21N/c1-2-6-15(7-3-1)13-19-14-16-10-11-17-8-4-5-9-18(17)12-16/h1-9,16,19H,10-14H2. The van der Waals surface area contributed by atoms with Crippen molar-refractivity contribution >= 4 is 0 Å². The summed E-state index contributed by atoms with van der Waals surface area (Å²) in [7, 11) is 0. The van der Waals surface area contributed by atoms with Gasteiger partial charge < -0.3 is 5.32 Å². The van der Waals surface area contributed by atoms with Crippen LogP contribution in [-0.2, 0) is 19.4 Å². The zero-order chi connectivity index (χ0) is 12.9. The smallest absolute Gasteiger partial charge is 0.0205 e. The molecule has 0 saturated carbocycles. The van der Waals surface area contributed by atoms with Crippen molar-refractivity contribution in [2.75, 3.05) is 6.54 Å². The van der Waals surface area contributed by atoms with Gasteiger partial charge in [-0.15, -0.1) is 0 Å². The molecule has 0 aromatic heterocycles.